The molecule has 94 valence electrons. The molecule has 0 atom stereocenters. The van der Waals surface area contributed by atoms with Gasteiger partial charge in [0.1, 0.15) is 5.69 Å². The molecule has 0 spiro atoms. The highest BCUT2D eigenvalue weighted by molar-refractivity contribution is 5.50. The minimum absolute atomic E-state index is 0.700. The Labute approximate surface area is 111 Å². The van der Waals surface area contributed by atoms with Crippen molar-refractivity contribution < 1.29 is 0 Å². The van der Waals surface area contributed by atoms with Gasteiger partial charge in [-0.2, -0.15) is 0 Å². The Hall–Kier alpha value is -2.49. The molecule has 0 N–H and O–H groups in total. The van der Waals surface area contributed by atoms with E-state index in [1.807, 2.05) is 49.5 Å². The van der Waals surface area contributed by atoms with Gasteiger partial charge in [0.25, 0.3) is 0 Å². The molecular formula is C15H14N4. The molecule has 4 nitrogen and oxygen atoms in total. The van der Waals surface area contributed by atoms with Crippen LogP contribution in [0.1, 0.15) is 11.4 Å². The van der Waals surface area contributed by atoms with Crippen molar-refractivity contribution in [2.75, 3.05) is 0 Å². The monoisotopic (exact) mass is 250 g/mol. The third kappa shape index (κ3) is 2.52. The molecule has 0 amide bonds. The average molecular weight is 250 g/mol. The molecule has 3 aromatic rings. The minimum Gasteiger partial charge on any atom is -0.324 e. The fourth-order valence-electron chi connectivity index (χ4n) is 2.00. The van der Waals surface area contributed by atoms with E-state index in [2.05, 4.69) is 19.5 Å². The Bertz CT molecular complexity index is 673. The van der Waals surface area contributed by atoms with Crippen LogP contribution in [0.2, 0.25) is 0 Å². The SMILES string of the molecule is Cc1cccc(-c2nccn2Cc2ccccn2)n1. The predicted molar refractivity (Wildman–Crippen MR) is 73.5 cm³/mol. The fourth-order valence-corrected chi connectivity index (χ4v) is 2.00. The highest BCUT2D eigenvalue weighted by atomic mass is 15.1. The van der Waals surface area contributed by atoms with Crippen LogP contribution in [-0.4, -0.2) is 19.5 Å². The minimum atomic E-state index is 0.700. The van der Waals surface area contributed by atoms with Gasteiger partial charge in [-0.25, -0.2) is 9.97 Å². The largest absolute Gasteiger partial charge is 0.324 e. The lowest BCUT2D eigenvalue weighted by atomic mass is 10.3. The maximum absolute atomic E-state index is 4.51. The van der Waals surface area contributed by atoms with Crippen LogP contribution >= 0.6 is 0 Å². The Morgan fingerprint density at radius 3 is 2.74 bits per heavy atom. The van der Waals surface area contributed by atoms with Crippen molar-refractivity contribution in [1.82, 2.24) is 19.5 Å². The van der Waals surface area contributed by atoms with E-state index in [0.29, 0.717) is 6.54 Å². The Morgan fingerprint density at radius 2 is 1.95 bits per heavy atom. The van der Waals surface area contributed by atoms with E-state index in [4.69, 9.17) is 0 Å². The molecule has 0 saturated heterocycles. The average Bonchev–Trinajstić information content (AvgIpc) is 2.88. The van der Waals surface area contributed by atoms with E-state index in [9.17, 15) is 0 Å². The fraction of sp³-hybridized carbons (Fsp3) is 0.133. The van der Waals surface area contributed by atoms with Crippen molar-refractivity contribution >= 4 is 0 Å². The highest BCUT2D eigenvalue weighted by Crippen LogP contribution is 2.16. The quantitative estimate of drug-likeness (QED) is 0.717. The number of rotatable bonds is 3. The molecule has 19 heavy (non-hydrogen) atoms. The van der Waals surface area contributed by atoms with Crippen LogP contribution in [0, 0.1) is 6.92 Å². The number of pyridine rings is 2. The number of imidazole rings is 1. The Kier molecular flexibility index (Phi) is 3.06. The van der Waals surface area contributed by atoms with Crippen LogP contribution in [0.15, 0.2) is 55.0 Å². The molecule has 0 aromatic carbocycles. The van der Waals surface area contributed by atoms with Crippen LogP contribution in [0.4, 0.5) is 0 Å². The maximum Gasteiger partial charge on any atom is 0.158 e. The summed E-state index contributed by atoms with van der Waals surface area (Å²) in [5, 5.41) is 0. The summed E-state index contributed by atoms with van der Waals surface area (Å²) < 4.78 is 2.06. The third-order valence-corrected chi connectivity index (χ3v) is 2.89. The van der Waals surface area contributed by atoms with Gasteiger partial charge >= 0.3 is 0 Å². The van der Waals surface area contributed by atoms with Crippen molar-refractivity contribution in [3.8, 4) is 11.5 Å². The molecule has 4 heteroatoms. The smallest absolute Gasteiger partial charge is 0.158 e. The lowest BCUT2D eigenvalue weighted by molar-refractivity contribution is 0.778. The van der Waals surface area contributed by atoms with Crippen molar-refractivity contribution in [2.24, 2.45) is 0 Å². The van der Waals surface area contributed by atoms with E-state index in [-0.39, 0.29) is 0 Å². The van der Waals surface area contributed by atoms with Crippen LogP contribution in [0.3, 0.4) is 0 Å². The van der Waals surface area contributed by atoms with Crippen molar-refractivity contribution in [1.29, 1.82) is 0 Å². The van der Waals surface area contributed by atoms with E-state index in [1.165, 1.54) is 0 Å². The second-order valence-corrected chi connectivity index (χ2v) is 4.36. The first-order chi connectivity index (χ1) is 9.33. The summed E-state index contributed by atoms with van der Waals surface area (Å²) in [6.45, 7) is 2.68. The van der Waals surface area contributed by atoms with Gasteiger partial charge in [0.2, 0.25) is 0 Å². The molecule has 3 aromatic heterocycles. The number of hydrogen-bond donors (Lipinski definition) is 0. The Balaban J connectivity index is 1.95. The third-order valence-electron chi connectivity index (χ3n) is 2.89. The molecule has 0 aliphatic carbocycles. The second-order valence-electron chi connectivity index (χ2n) is 4.36. The number of hydrogen-bond acceptors (Lipinski definition) is 3. The predicted octanol–water partition coefficient (Wildman–Crippen LogP) is 2.70. The first kappa shape index (κ1) is 11.6. The molecule has 0 radical (unpaired) electrons. The van der Waals surface area contributed by atoms with E-state index < -0.39 is 0 Å². The second kappa shape index (κ2) is 5.02. The van der Waals surface area contributed by atoms with Gasteiger partial charge in [-0.05, 0) is 31.2 Å². The summed E-state index contributed by atoms with van der Waals surface area (Å²) in [6.07, 6.45) is 5.55. The van der Waals surface area contributed by atoms with Crippen molar-refractivity contribution in [3.63, 3.8) is 0 Å². The molecular weight excluding hydrogens is 236 g/mol. The van der Waals surface area contributed by atoms with Crippen LogP contribution < -0.4 is 0 Å². The summed E-state index contributed by atoms with van der Waals surface area (Å²) in [5.74, 6) is 0.870. The zero-order valence-corrected chi connectivity index (χ0v) is 10.7. The number of aromatic nitrogens is 4. The van der Waals surface area contributed by atoms with Crippen LogP contribution in [-0.2, 0) is 6.54 Å². The first-order valence-electron chi connectivity index (χ1n) is 6.18. The lowest BCUT2D eigenvalue weighted by Crippen LogP contribution is -2.03. The van der Waals surface area contributed by atoms with Gasteiger partial charge in [0.05, 0.1) is 12.2 Å². The zero-order chi connectivity index (χ0) is 13.1. The molecule has 0 saturated carbocycles. The van der Waals surface area contributed by atoms with E-state index >= 15 is 0 Å². The molecule has 0 bridgehead atoms. The van der Waals surface area contributed by atoms with Crippen molar-refractivity contribution in [3.05, 3.63) is 66.4 Å². The Morgan fingerprint density at radius 1 is 1.00 bits per heavy atom. The molecule has 0 fully saturated rings. The molecule has 0 unspecified atom stereocenters. The van der Waals surface area contributed by atoms with Gasteiger partial charge in [-0.1, -0.05) is 12.1 Å². The summed E-state index contributed by atoms with van der Waals surface area (Å²) >= 11 is 0. The topological polar surface area (TPSA) is 43.6 Å². The van der Waals surface area contributed by atoms with E-state index in [1.54, 1.807) is 12.4 Å². The summed E-state index contributed by atoms with van der Waals surface area (Å²) in [6, 6.07) is 11.9. The summed E-state index contributed by atoms with van der Waals surface area (Å²) in [7, 11) is 0. The van der Waals surface area contributed by atoms with Gasteiger partial charge in [0, 0.05) is 24.3 Å². The summed E-state index contributed by atoms with van der Waals surface area (Å²) in [4.78, 5) is 13.2. The lowest BCUT2D eigenvalue weighted by Gasteiger charge is -2.07. The van der Waals surface area contributed by atoms with Gasteiger partial charge < -0.3 is 4.57 Å². The maximum atomic E-state index is 4.51. The standard InChI is InChI=1S/C15H14N4/c1-12-5-4-7-14(18-12)15-17-9-10-19(15)11-13-6-2-3-8-16-13/h2-10H,11H2,1H3. The van der Waals surface area contributed by atoms with Gasteiger partial charge in [-0.15, -0.1) is 0 Å². The summed E-state index contributed by atoms with van der Waals surface area (Å²) in [5.41, 5.74) is 2.89. The molecule has 0 aliphatic heterocycles. The van der Waals surface area contributed by atoms with Crippen LogP contribution in [0.25, 0.3) is 11.5 Å². The van der Waals surface area contributed by atoms with Crippen LogP contribution in [0.5, 0.6) is 0 Å². The number of nitrogens with zero attached hydrogens (tertiary/aromatic N) is 4. The normalized spacial score (nSPS) is 10.6. The highest BCUT2D eigenvalue weighted by Gasteiger charge is 2.08. The molecule has 3 heterocycles. The zero-order valence-electron chi connectivity index (χ0n) is 10.7. The van der Waals surface area contributed by atoms with Gasteiger partial charge in [0.15, 0.2) is 5.82 Å². The van der Waals surface area contributed by atoms with Gasteiger partial charge in [-0.3, -0.25) is 4.98 Å². The molecule has 3 rings (SSSR count). The first-order valence-corrected chi connectivity index (χ1v) is 6.18. The molecule has 0 aliphatic rings. The van der Waals surface area contributed by atoms with Crippen molar-refractivity contribution in [2.45, 2.75) is 13.5 Å². The van der Waals surface area contributed by atoms with E-state index in [0.717, 1.165) is 22.9 Å². The number of aryl methyl sites for hydroxylation is 1.